The number of H-pyrrole nitrogens is 1. The van der Waals surface area contributed by atoms with E-state index in [0.29, 0.717) is 11.4 Å². The molecule has 0 saturated heterocycles. The van der Waals surface area contributed by atoms with Gasteiger partial charge in [0.15, 0.2) is 0 Å². The van der Waals surface area contributed by atoms with Gasteiger partial charge in [0.1, 0.15) is 0 Å². The molecule has 0 fully saturated rings. The highest BCUT2D eigenvalue weighted by molar-refractivity contribution is 5.94. The highest BCUT2D eigenvalue weighted by atomic mass is 19.4. The van der Waals surface area contributed by atoms with Gasteiger partial charge in [-0.15, -0.1) is 0 Å². The Kier molecular flexibility index (Phi) is 4.82. The summed E-state index contributed by atoms with van der Waals surface area (Å²) >= 11 is 0. The molecule has 0 radical (unpaired) electrons. The lowest BCUT2D eigenvalue weighted by Gasteiger charge is -2.34. The van der Waals surface area contributed by atoms with Gasteiger partial charge in [0, 0.05) is 23.9 Å². The maximum absolute atomic E-state index is 13.6. The Balaban J connectivity index is 2.29. The van der Waals surface area contributed by atoms with Gasteiger partial charge in [0.2, 0.25) is 0 Å². The normalized spacial score (nSPS) is 14.2. The van der Waals surface area contributed by atoms with Crippen LogP contribution in [-0.2, 0) is 22.1 Å². The summed E-state index contributed by atoms with van der Waals surface area (Å²) in [5.74, 6) is -0.654. The van der Waals surface area contributed by atoms with Crippen molar-refractivity contribution in [2.75, 3.05) is 11.5 Å². The van der Waals surface area contributed by atoms with Gasteiger partial charge in [-0.1, -0.05) is 12.1 Å². The van der Waals surface area contributed by atoms with Crippen molar-refractivity contribution in [1.29, 1.82) is 0 Å². The summed E-state index contributed by atoms with van der Waals surface area (Å²) in [5.41, 5.74) is -0.516. The van der Waals surface area contributed by atoms with Crippen LogP contribution in [0.25, 0.3) is 0 Å². The first-order valence-electron chi connectivity index (χ1n) is 8.29. The maximum Gasteiger partial charge on any atom is 0.418 e. The molecule has 0 atom stereocenters. The third kappa shape index (κ3) is 3.34. The van der Waals surface area contributed by atoms with E-state index in [2.05, 4.69) is 4.98 Å². The average molecular weight is 378 g/mol. The first-order chi connectivity index (χ1) is 12.8. The number of para-hydroxylation sites is 1. The fraction of sp³-hybridized carbons (Fsp3) is 0.263. The predicted octanol–water partition coefficient (Wildman–Crippen LogP) is 3.93. The number of hydrogen-bond donors (Lipinski definition) is 1. The molecule has 1 aliphatic heterocycles. The fourth-order valence-corrected chi connectivity index (χ4v) is 3.16. The summed E-state index contributed by atoms with van der Waals surface area (Å²) in [6, 6.07) is 6.57. The minimum absolute atomic E-state index is 0.0130. The van der Waals surface area contributed by atoms with Crippen molar-refractivity contribution in [2.45, 2.75) is 26.4 Å². The van der Waals surface area contributed by atoms with Crippen LogP contribution in [0.3, 0.4) is 0 Å². The minimum atomic E-state index is -4.60. The number of nitrogens with zero attached hydrogens (tertiary/aromatic N) is 1. The lowest BCUT2D eigenvalue weighted by molar-refractivity contribution is -0.138. The highest BCUT2D eigenvalue weighted by Crippen LogP contribution is 2.43. The monoisotopic (exact) mass is 378 g/mol. The van der Waals surface area contributed by atoms with Gasteiger partial charge in [-0.2, -0.15) is 13.2 Å². The number of esters is 1. The summed E-state index contributed by atoms with van der Waals surface area (Å²) in [4.78, 5) is 28.4. The number of alkyl halides is 3. The third-order valence-electron chi connectivity index (χ3n) is 4.38. The molecule has 27 heavy (non-hydrogen) atoms. The van der Waals surface area contributed by atoms with Gasteiger partial charge in [-0.3, -0.25) is 4.79 Å². The van der Waals surface area contributed by atoms with Gasteiger partial charge >= 0.3 is 12.1 Å². The van der Waals surface area contributed by atoms with Crippen LogP contribution in [0, 0.1) is 0 Å². The first-order valence-corrected chi connectivity index (χ1v) is 8.29. The molecular weight excluding hydrogens is 361 g/mol. The zero-order valence-electron chi connectivity index (χ0n) is 14.7. The van der Waals surface area contributed by atoms with E-state index in [9.17, 15) is 22.8 Å². The van der Waals surface area contributed by atoms with E-state index < -0.39 is 23.3 Å². The second-order valence-electron chi connectivity index (χ2n) is 5.98. The van der Waals surface area contributed by atoms with Crippen LogP contribution >= 0.6 is 0 Å². The molecule has 0 amide bonds. The van der Waals surface area contributed by atoms with E-state index in [-0.39, 0.29) is 29.9 Å². The quantitative estimate of drug-likeness (QED) is 0.823. The van der Waals surface area contributed by atoms with Crippen molar-refractivity contribution in [3.05, 3.63) is 69.3 Å². The molecule has 1 N–H and O–H groups in total. The summed E-state index contributed by atoms with van der Waals surface area (Å²) in [6.07, 6.45) is -3.24. The Bertz CT molecular complexity index is 977. The number of halogens is 3. The number of carbonyl (C=O) groups excluding carboxylic acids is 1. The molecule has 0 aliphatic carbocycles. The van der Waals surface area contributed by atoms with Crippen LogP contribution in [-0.4, -0.2) is 17.6 Å². The van der Waals surface area contributed by atoms with Crippen molar-refractivity contribution in [1.82, 2.24) is 4.98 Å². The lowest BCUT2D eigenvalue weighted by atomic mass is 9.96. The predicted molar refractivity (Wildman–Crippen MR) is 93.7 cm³/mol. The van der Waals surface area contributed by atoms with Crippen molar-refractivity contribution in [2.24, 2.45) is 0 Å². The van der Waals surface area contributed by atoms with Crippen LogP contribution in [0.2, 0.25) is 0 Å². The number of aromatic amines is 1. The molecule has 0 saturated carbocycles. The largest absolute Gasteiger partial charge is 0.463 e. The summed E-state index contributed by atoms with van der Waals surface area (Å²) < 4.78 is 45.7. The zero-order valence-corrected chi connectivity index (χ0v) is 14.7. The second kappa shape index (κ2) is 6.94. The number of rotatable bonds is 3. The van der Waals surface area contributed by atoms with E-state index >= 15 is 0 Å². The van der Waals surface area contributed by atoms with Crippen LogP contribution in [0.15, 0.2) is 52.6 Å². The number of hydrogen-bond acceptors (Lipinski definition) is 4. The Labute approximate surface area is 153 Å². The second-order valence-corrected chi connectivity index (χ2v) is 5.98. The summed E-state index contributed by atoms with van der Waals surface area (Å²) in [6.45, 7) is 3.30. The Morgan fingerprint density at radius 1 is 1.22 bits per heavy atom. The van der Waals surface area contributed by atoms with Gasteiger partial charge in [0.05, 0.1) is 29.1 Å². The molecule has 2 aromatic rings. The molecule has 1 aromatic heterocycles. The van der Waals surface area contributed by atoms with E-state index in [1.165, 1.54) is 35.4 Å². The van der Waals surface area contributed by atoms with Crippen molar-refractivity contribution >= 4 is 17.3 Å². The SMILES string of the molecule is CCOC(=O)C1=C(C)N(c2ccccc2C(F)(F)F)c2cc[nH]c(=O)c2C1. The van der Waals surface area contributed by atoms with Gasteiger partial charge in [-0.25, -0.2) is 4.79 Å². The smallest absolute Gasteiger partial charge is 0.418 e. The third-order valence-corrected chi connectivity index (χ3v) is 4.38. The van der Waals surface area contributed by atoms with E-state index in [1.807, 2.05) is 0 Å². The molecule has 1 aromatic carbocycles. The number of anilines is 2. The molecule has 5 nitrogen and oxygen atoms in total. The summed E-state index contributed by atoms with van der Waals surface area (Å²) in [5, 5.41) is 0. The van der Waals surface area contributed by atoms with Crippen molar-refractivity contribution in [3.63, 3.8) is 0 Å². The number of benzene rings is 1. The van der Waals surface area contributed by atoms with Gasteiger partial charge in [0.25, 0.3) is 5.56 Å². The standard InChI is InChI=1S/C19H17F3N2O3/c1-3-27-18(26)12-10-13-15(8-9-23-17(13)25)24(11(12)2)16-7-5-4-6-14(16)19(20,21)22/h4-9H,3,10H2,1-2H3,(H,23,25). The van der Waals surface area contributed by atoms with Crippen molar-refractivity contribution in [3.8, 4) is 0 Å². The molecule has 0 spiro atoms. The molecule has 0 unspecified atom stereocenters. The molecule has 2 heterocycles. The number of aromatic nitrogens is 1. The van der Waals surface area contributed by atoms with E-state index in [4.69, 9.17) is 4.74 Å². The number of allylic oxidation sites excluding steroid dienone is 1. The minimum Gasteiger partial charge on any atom is -0.463 e. The molecular formula is C19H17F3N2O3. The van der Waals surface area contributed by atoms with Crippen molar-refractivity contribution < 1.29 is 22.7 Å². The first kappa shape index (κ1) is 18.8. The van der Waals surface area contributed by atoms with E-state index in [1.54, 1.807) is 13.8 Å². The number of carbonyl (C=O) groups is 1. The lowest BCUT2D eigenvalue weighted by Crippen LogP contribution is -2.31. The fourth-order valence-electron chi connectivity index (χ4n) is 3.16. The van der Waals surface area contributed by atoms with Crippen LogP contribution in [0.4, 0.5) is 24.5 Å². The van der Waals surface area contributed by atoms with E-state index in [0.717, 1.165) is 6.07 Å². The topological polar surface area (TPSA) is 62.4 Å². The average Bonchev–Trinajstić information content (AvgIpc) is 2.61. The Hall–Kier alpha value is -3.03. The van der Waals surface area contributed by atoms with Crippen LogP contribution < -0.4 is 10.5 Å². The molecule has 3 rings (SSSR count). The number of fused-ring (bicyclic) bond motifs is 1. The summed E-state index contributed by atoms with van der Waals surface area (Å²) in [7, 11) is 0. The van der Waals surface area contributed by atoms with Gasteiger partial charge < -0.3 is 14.6 Å². The van der Waals surface area contributed by atoms with Crippen LogP contribution in [0.1, 0.15) is 25.0 Å². The Morgan fingerprint density at radius 2 is 1.93 bits per heavy atom. The zero-order chi connectivity index (χ0) is 19.8. The van der Waals surface area contributed by atoms with Crippen LogP contribution in [0.5, 0.6) is 0 Å². The molecule has 8 heteroatoms. The number of pyridine rings is 1. The maximum atomic E-state index is 13.6. The molecule has 1 aliphatic rings. The Morgan fingerprint density at radius 3 is 2.59 bits per heavy atom. The number of nitrogens with one attached hydrogen (secondary N) is 1. The number of ether oxygens (including phenoxy) is 1. The molecule has 0 bridgehead atoms. The highest BCUT2D eigenvalue weighted by Gasteiger charge is 2.38. The van der Waals surface area contributed by atoms with Gasteiger partial charge in [-0.05, 0) is 32.0 Å². The molecule has 142 valence electrons.